The molecule has 0 saturated heterocycles. The Bertz CT molecular complexity index is 312. The van der Waals surface area contributed by atoms with E-state index in [0.29, 0.717) is 5.69 Å². The van der Waals surface area contributed by atoms with Crippen LogP contribution in [0.4, 0.5) is 5.69 Å². The molecule has 1 rings (SSSR count). The van der Waals surface area contributed by atoms with Crippen LogP contribution >= 0.6 is 0 Å². The Balaban J connectivity index is 2.82. The van der Waals surface area contributed by atoms with Crippen molar-refractivity contribution in [1.82, 2.24) is 4.98 Å². The number of pyridine rings is 1. The van der Waals surface area contributed by atoms with E-state index in [9.17, 15) is 4.79 Å². The van der Waals surface area contributed by atoms with Gasteiger partial charge in [-0.15, -0.1) is 0 Å². The Morgan fingerprint density at radius 2 is 2.46 bits per heavy atom. The van der Waals surface area contributed by atoms with E-state index in [1.54, 1.807) is 18.5 Å². The zero-order valence-electron chi connectivity index (χ0n) is 7.40. The van der Waals surface area contributed by atoms with Crippen molar-refractivity contribution in [3.8, 4) is 0 Å². The SMILES string of the molecule is CC(CC(=O)O)c1cnccc1N. The molecule has 1 aromatic rings. The molecule has 1 heterocycles. The maximum Gasteiger partial charge on any atom is 0.303 e. The molecule has 1 aromatic heterocycles. The molecule has 0 fully saturated rings. The molecule has 1 atom stereocenters. The van der Waals surface area contributed by atoms with Gasteiger partial charge in [0.15, 0.2) is 0 Å². The molecule has 0 amide bonds. The molecule has 4 heteroatoms. The van der Waals surface area contributed by atoms with Gasteiger partial charge in [-0.2, -0.15) is 0 Å². The van der Waals surface area contributed by atoms with E-state index in [1.165, 1.54) is 0 Å². The topological polar surface area (TPSA) is 76.2 Å². The minimum Gasteiger partial charge on any atom is -0.481 e. The molecule has 0 saturated carbocycles. The van der Waals surface area contributed by atoms with Gasteiger partial charge in [0.25, 0.3) is 0 Å². The minimum atomic E-state index is -0.823. The average Bonchev–Trinajstić information content (AvgIpc) is 2.03. The van der Waals surface area contributed by atoms with Crippen molar-refractivity contribution in [2.24, 2.45) is 0 Å². The summed E-state index contributed by atoms with van der Waals surface area (Å²) in [6.07, 6.45) is 3.28. The summed E-state index contributed by atoms with van der Waals surface area (Å²) in [7, 11) is 0. The van der Waals surface area contributed by atoms with E-state index in [4.69, 9.17) is 10.8 Å². The van der Waals surface area contributed by atoms with Crippen LogP contribution in [0.25, 0.3) is 0 Å². The van der Waals surface area contributed by atoms with Crippen molar-refractivity contribution in [2.75, 3.05) is 5.73 Å². The van der Waals surface area contributed by atoms with Crippen molar-refractivity contribution in [3.63, 3.8) is 0 Å². The first kappa shape index (κ1) is 9.51. The van der Waals surface area contributed by atoms with Crippen LogP contribution in [0.2, 0.25) is 0 Å². The van der Waals surface area contributed by atoms with E-state index in [-0.39, 0.29) is 12.3 Å². The smallest absolute Gasteiger partial charge is 0.303 e. The maximum atomic E-state index is 10.4. The minimum absolute atomic E-state index is 0.0793. The number of aromatic nitrogens is 1. The van der Waals surface area contributed by atoms with Gasteiger partial charge < -0.3 is 10.8 Å². The molecule has 0 spiro atoms. The average molecular weight is 180 g/mol. The number of nitrogen functional groups attached to an aromatic ring is 1. The number of aliphatic carboxylic acids is 1. The second-order valence-electron chi connectivity index (χ2n) is 3.00. The number of carbonyl (C=O) groups is 1. The van der Waals surface area contributed by atoms with E-state index in [0.717, 1.165) is 5.56 Å². The summed E-state index contributed by atoms with van der Waals surface area (Å²) in [4.78, 5) is 14.3. The molecule has 1 unspecified atom stereocenters. The summed E-state index contributed by atoms with van der Waals surface area (Å²) < 4.78 is 0. The van der Waals surface area contributed by atoms with Gasteiger partial charge in [0, 0.05) is 18.1 Å². The van der Waals surface area contributed by atoms with Crippen LogP contribution in [0.3, 0.4) is 0 Å². The zero-order valence-corrected chi connectivity index (χ0v) is 7.40. The van der Waals surface area contributed by atoms with Crippen molar-refractivity contribution in [2.45, 2.75) is 19.3 Å². The quantitative estimate of drug-likeness (QED) is 0.733. The molecule has 0 radical (unpaired) electrons. The summed E-state index contributed by atoms with van der Waals surface area (Å²) in [5.74, 6) is -0.915. The molecule has 0 aliphatic heterocycles. The molecule has 13 heavy (non-hydrogen) atoms. The molecular formula is C9H12N2O2. The van der Waals surface area contributed by atoms with Gasteiger partial charge in [-0.1, -0.05) is 6.92 Å². The third kappa shape index (κ3) is 2.43. The van der Waals surface area contributed by atoms with Gasteiger partial charge in [-0.25, -0.2) is 0 Å². The van der Waals surface area contributed by atoms with Gasteiger partial charge in [0.2, 0.25) is 0 Å². The monoisotopic (exact) mass is 180 g/mol. The van der Waals surface area contributed by atoms with E-state index < -0.39 is 5.97 Å². The largest absolute Gasteiger partial charge is 0.481 e. The Morgan fingerprint density at radius 3 is 3.00 bits per heavy atom. The second-order valence-corrected chi connectivity index (χ2v) is 3.00. The summed E-state index contributed by atoms with van der Waals surface area (Å²) in [5, 5.41) is 8.57. The number of anilines is 1. The van der Waals surface area contributed by atoms with Crippen LogP contribution in [0.5, 0.6) is 0 Å². The molecular weight excluding hydrogens is 168 g/mol. The fourth-order valence-electron chi connectivity index (χ4n) is 1.20. The van der Waals surface area contributed by atoms with Gasteiger partial charge in [0.05, 0.1) is 6.42 Å². The lowest BCUT2D eigenvalue weighted by molar-refractivity contribution is -0.137. The number of carboxylic acids is 1. The van der Waals surface area contributed by atoms with Gasteiger partial charge in [-0.05, 0) is 17.5 Å². The third-order valence-electron chi connectivity index (χ3n) is 1.90. The highest BCUT2D eigenvalue weighted by Gasteiger charge is 2.12. The summed E-state index contributed by atoms with van der Waals surface area (Å²) in [5.41, 5.74) is 7.06. The van der Waals surface area contributed by atoms with Crippen LogP contribution < -0.4 is 5.73 Å². The first-order chi connectivity index (χ1) is 6.11. The number of nitrogens with zero attached hydrogens (tertiary/aromatic N) is 1. The number of rotatable bonds is 3. The number of hydrogen-bond donors (Lipinski definition) is 2. The lowest BCUT2D eigenvalue weighted by atomic mass is 9.98. The summed E-state index contributed by atoms with van der Waals surface area (Å²) >= 11 is 0. The van der Waals surface area contributed by atoms with Crippen LogP contribution in [-0.4, -0.2) is 16.1 Å². The fraction of sp³-hybridized carbons (Fsp3) is 0.333. The van der Waals surface area contributed by atoms with Crippen molar-refractivity contribution >= 4 is 11.7 Å². The number of carboxylic acid groups (broad SMARTS) is 1. The van der Waals surface area contributed by atoms with Crippen LogP contribution in [0.1, 0.15) is 24.8 Å². The van der Waals surface area contributed by atoms with Gasteiger partial charge in [-0.3, -0.25) is 9.78 Å². The lowest BCUT2D eigenvalue weighted by Crippen LogP contribution is -2.05. The normalized spacial score (nSPS) is 12.4. The van der Waals surface area contributed by atoms with E-state index in [2.05, 4.69) is 4.98 Å². The van der Waals surface area contributed by atoms with Gasteiger partial charge >= 0.3 is 5.97 Å². The first-order valence-electron chi connectivity index (χ1n) is 4.02. The second kappa shape index (κ2) is 3.89. The van der Waals surface area contributed by atoms with E-state index >= 15 is 0 Å². The Morgan fingerprint density at radius 1 is 1.77 bits per heavy atom. The Hall–Kier alpha value is -1.58. The van der Waals surface area contributed by atoms with Crippen LogP contribution in [0, 0.1) is 0 Å². The van der Waals surface area contributed by atoms with Crippen molar-refractivity contribution in [3.05, 3.63) is 24.0 Å². The highest BCUT2D eigenvalue weighted by molar-refractivity contribution is 5.68. The Labute approximate surface area is 76.4 Å². The number of hydrogen-bond acceptors (Lipinski definition) is 3. The molecule has 4 nitrogen and oxygen atoms in total. The molecule has 0 bridgehead atoms. The van der Waals surface area contributed by atoms with Crippen molar-refractivity contribution in [1.29, 1.82) is 0 Å². The first-order valence-corrected chi connectivity index (χ1v) is 4.02. The molecule has 0 aromatic carbocycles. The fourth-order valence-corrected chi connectivity index (χ4v) is 1.20. The van der Waals surface area contributed by atoms with E-state index in [1.807, 2.05) is 6.92 Å². The predicted molar refractivity (Wildman–Crippen MR) is 49.3 cm³/mol. The highest BCUT2D eigenvalue weighted by Crippen LogP contribution is 2.23. The van der Waals surface area contributed by atoms with Crippen LogP contribution in [-0.2, 0) is 4.79 Å². The zero-order chi connectivity index (χ0) is 9.84. The standard InChI is InChI=1S/C9H12N2O2/c1-6(4-9(12)13)7-5-11-3-2-8(7)10/h2-3,5-6H,4H2,1H3,(H2,10,11)(H,12,13). The third-order valence-corrected chi connectivity index (χ3v) is 1.90. The summed E-state index contributed by atoms with van der Waals surface area (Å²) in [6.45, 7) is 1.82. The summed E-state index contributed by atoms with van der Waals surface area (Å²) in [6, 6.07) is 1.67. The predicted octanol–water partition coefficient (Wildman–Crippen LogP) is 1.24. The van der Waals surface area contributed by atoms with Crippen molar-refractivity contribution < 1.29 is 9.90 Å². The maximum absolute atomic E-state index is 10.4. The molecule has 0 aliphatic carbocycles. The Kier molecular flexibility index (Phi) is 2.84. The molecule has 3 N–H and O–H groups in total. The lowest BCUT2D eigenvalue weighted by Gasteiger charge is -2.10. The van der Waals surface area contributed by atoms with Crippen LogP contribution in [0.15, 0.2) is 18.5 Å². The number of nitrogens with two attached hydrogens (primary N) is 1. The molecule has 70 valence electrons. The molecule has 0 aliphatic rings. The highest BCUT2D eigenvalue weighted by atomic mass is 16.4. The van der Waals surface area contributed by atoms with Gasteiger partial charge in [0.1, 0.15) is 0 Å².